The van der Waals surface area contributed by atoms with Gasteiger partial charge in [-0.3, -0.25) is 9.69 Å². The monoisotopic (exact) mass is 489 g/mol. The molecule has 0 radical (unpaired) electrons. The maximum atomic E-state index is 11.2. The second kappa shape index (κ2) is 11.1. The Morgan fingerprint density at radius 1 is 1.11 bits per heavy atom. The SMILES string of the molecule is COc1cc2ncnc(Nc3cccc4c3CCC4)c2cc1O.O=C1CN(C2CCCCC2)CCN1. The summed E-state index contributed by atoms with van der Waals surface area (Å²) < 4.78 is 5.14. The number of amides is 1. The zero-order chi connectivity index (χ0) is 24.9. The van der Waals surface area contributed by atoms with Gasteiger partial charge in [-0.15, -0.1) is 0 Å². The van der Waals surface area contributed by atoms with Crippen molar-refractivity contribution >= 4 is 28.3 Å². The number of fused-ring (bicyclic) bond motifs is 2. The molecule has 36 heavy (non-hydrogen) atoms. The van der Waals surface area contributed by atoms with Crippen LogP contribution in [0.4, 0.5) is 11.5 Å². The molecule has 2 fully saturated rings. The number of phenolic OH excluding ortho intramolecular Hbond substituents is 1. The Kier molecular flexibility index (Phi) is 7.51. The Balaban J connectivity index is 0.000000174. The molecule has 1 aromatic heterocycles. The summed E-state index contributed by atoms with van der Waals surface area (Å²) in [6, 6.07) is 10.4. The van der Waals surface area contributed by atoms with E-state index in [9.17, 15) is 9.90 Å². The fourth-order valence-electron chi connectivity index (χ4n) is 5.62. The summed E-state index contributed by atoms with van der Waals surface area (Å²) in [5.41, 5.74) is 4.56. The lowest BCUT2D eigenvalue weighted by molar-refractivity contribution is -0.125. The number of hydrogen-bond acceptors (Lipinski definition) is 7. The Hall–Kier alpha value is -3.39. The largest absolute Gasteiger partial charge is 0.504 e. The molecule has 190 valence electrons. The highest BCUT2D eigenvalue weighted by Crippen LogP contribution is 2.35. The van der Waals surface area contributed by atoms with Crippen molar-refractivity contribution in [1.82, 2.24) is 20.2 Å². The lowest BCUT2D eigenvalue weighted by atomic mass is 9.94. The van der Waals surface area contributed by atoms with E-state index >= 15 is 0 Å². The Bertz CT molecular complexity index is 1230. The highest BCUT2D eigenvalue weighted by atomic mass is 16.5. The number of aromatic hydroxyl groups is 1. The first-order valence-electron chi connectivity index (χ1n) is 13.0. The van der Waals surface area contributed by atoms with E-state index in [0.717, 1.165) is 42.5 Å². The molecule has 3 aromatic rings. The molecule has 0 unspecified atom stereocenters. The summed E-state index contributed by atoms with van der Waals surface area (Å²) in [7, 11) is 1.52. The van der Waals surface area contributed by atoms with Crippen LogP contribution in [0, 0.1) is 0 Å². The number of rotatable bonds is 4. The highest BCUT2D eigenvalue weighted by molar-refractivity contribution is 5.93. The molecule has 8 heteroatoms. The van der Waals surface area contributed by atoms with Crippen LogP contribution in [0.25, 0.3) is 10.9 Å². The fourth-order valence-corrected chi connectivity index (χ4v) is 5.62. The van der Waals surface area contributed by atoms with Crippen molar-refractivity contribution in [2.24, 2.45) is 0 Å². The van der Waals surface area contributed by atoms with Gasteiger partial charge in [-0.1, -0.05) is 31.4 Å². The second-order valence-corrected chi connectivity index (χ2v) is 9.80. The number of carbonyl (C=O) groups is 1. The normalized spacial score (nSPS) is 18.2. The van der Waals surface area contributed by atoms with Gasteiger partial charge in [-0.2, -0.15) is 0 Å². The predicted octanol–water partition coefficient (Wildman–Crippen LogP) is 4.33. The van der Waals surface area contributed by atoms with E-state index in [2.05, 4.69) is 43.7 Å². The van der Waals surface area contributed by atoms with E-state index in [1.807, 2.05) is 0 Å². The Morgan fingerprint density at radius 3 is 2.78 bits per heavy atom. The van der Waals surface area contributed by atoms with Gasteiger partial charge in [-0.05, 0) is 55.4 Å². The Labute approximate surface area is 212 Å². The van der Waals surface area contributed by atoms with Gasteiger partial charge in [0, 0.05) is 36.3 Å². The first-order valence-corrected chi connectivity index (χ1v) is 13.0. The standard InChI is InChI=1S/C18H17N3O2.C10H18N2O/c1-23-17-9-15-13(8-16(17)22)18(20-10-19-15)21-14-7-3-5-11-4-2-6-12(11)14;13-10-8-12(7-6-11-10)9-4-2-1-3-5-9/h3,5,7-10,22H,2,4,6H2,1H3,(H,19,20,21);9H,1-8H2,(H,11,13). The number of carbonyl (C=O) groups excluding carboxylic acids is 1. The van der Waals surface area contributed by atoms with Gasteiger partial charge >= 0.3 is 0 Å². The first kappa shape index (κ1) is 24.3. The van der Waals surface area contributed by atoms with Crippen LogP contribution in [0.3, 0.4) is 0 Å². The molecule has 3 N–H and O–H groups in total. The van der Waals surface area contributed by atoms with Crippen molar-refractivity contribution < 1.29 is 14.6 Å². The molecular weight excluding hydrogens is 454 g/mol. The van der Waals surface area contributed by atoms with E-state index in [-0.39, 0.29) is 11.7 Å². The van der Waals surface area contributed by atoms with Crippen LogP contribution >= 0.6 is 0 Å². The summed E-state index contributed by atoms with van der Waals surface area (Å²) in [5, 5.41) is 17.1. The van der Waals surface area contributed by atoms with Crippen molar-refractivity contribution in [3.05, 3.63) is 47.8 Å². The lowest BCUT2D eigenvalue weighted by Crippen LogP contribution is -2.51. The minimum absolute atomic E-state index is 0.0798. The molecule has 2 aliphatic carbocycles. The van der Waals surface area contributed by atoms with Gasteiger partial charge in [0.15, 0.2) is 11.5 Å². The van der Waals surface area contributed by atoms with Gasteiger partial charge in [0.2, 0.25) is 5.91 Å². The van der Waals surface area contributed by atoms with E-state index in [4.69, 9.17) is 4.74 Å². The topological polar surface area (TPSA) is 99.6 Å². The molecule has 2 heterocycles. The third-order valence-electron chi connectivity index (χ3n) is 7.49. The number of piperazine rings is 1. The third-order valence-corrected chi connectivity index (χ3v) is 7.49. The van der Waals surface area contributed by atoms with Gasteiger partial charge in [-0.25, -0.2) is 9.97 Å². The minimum Gasteiger partial charge on any atom is -0.504 e. The van der Waals surface area contributed by atoms with Crippen molar-refractivity contribution in [2.75, 3.05) is 32.1 Å². The van der Waals surface area contributed by atoms with Crippen LogP contribution in [0.1, 0.15) is 49.7 Å². The van der Waals surface area contributed by atoms with E-state index in [1.54, 1.807) is 12.1 Å². The summed E-state index contributed by atoms with van der Waals surface area (Å²) in [5.74, 6) is 1.38. The van der Waals surface area contributed by atoms with Crippen LogP contribution < -0.4 is 15.4 Å². The number of benzene rings is 2. The van der Waals surface area contributed by atoms with Gasteiger partial charge in [0.25, 0.3) is 0 Å². The van der Waals surface area contributed by atoms with Crippen LogP contribution in [0.2, 0.25) is 0 Å². The average molecular weight is 490 g/mol. The average Bonchev–Trinajstić information content (AvgIpc) is 3.40. The predicted molar refractivity (Wildman–Crippen MR) is 141 cm³/mol. The molecule has 6 rings (SSSR count). The molecule has 1 amide bonds. The molecule has 1 aliphatic heterocycles. The molecule has 1 saturated heterocycles. The molecule has 8 nitrogen and oxygen atoms in total. The quantitative estimate of drug-likeness (QED) is 0.502. The van der Waals surface area contributed by atoms with Crippen molar-refractivity contribution in [1.29, 1.82) is 0 Å². The molecule has 2 aromatic carbocycles. The fraction of sp³-hybridized carbons (Fsp3) is 0.464. The zero-order valence-electron chi connectivity index (χ0n) is 20.9. The van der Waals surface area contributed by atoms with E-state index in [0.29, 0.717) is 24.2 Å². The van der Waals surface area contributed by atoms with Crippen LogP contribution in [0.15, 0.2) is 36.7 Å². The van der Waals surface area contributed by atoms with Gasteiger partial charge < -0.3 is 20.5 Å². The van der Waals surface area contributed by atoms with E-state index in [1.165, 1.54) is 63.1 Å². The number of hydrogen-bond donors (Lipinski definition) is 3. The molecule has 0 atom stereocenters. The smallest absolute Gasteiger partial charge is 0.234 e. The number of aromatic nitrogens is 2. The van der Waals surface area contributed by atoms with Crippen LogP contribution in [0.5, 0.6) is 11.5 Å². The Morgan fingerprint density at radius 2 is 1.97 bits per heavy atom. The van der Waals surface area contributed by atoms with Crippen molar-refractivity contribution in [3.8, 4) is 11.5 Å². The van der Waals surface area contributed by atoms with Gasteiger partial charge in [0.05, 0.1) is 19.2 Å². The number of aryl methyl sites for hydroxylation is 1. The maximum absolute atomic E-state index is 11.2. The molecule has 0 bridgehead atoms. The number of ether oxygens (including phenoxy) is 1. The number of anilines is 2. The number of phenols is 1. The number of nitrogens with one attached hydrogen (secondary N) is 2. The first-order chi connectivity index (χ1) is 17.6. The number of methoxy groups -OCH3 is 1. The van der Waals surface area contributed by atoms with Crippen LogP contribution in [-0.2, 0) is 17.6 Å². The summed E-state index contributed by atoms with van der Waals surface area (Å²) in [4.78, 5) is 22.1. The van der Waals surface area contributed by atoms with Crippen molar-refractivity contribution in [3.63, 3.8) is 0 Å². The molecule has 3 aliphatic rings. The third kappa shape index (κ3) is 5.38. The summed E-state index contributed by atoms with van der Waals surface area (Å²) >= 11 is 0. The summed E-state index contributed by atoms with van der Waals surface area (Å²) in [6.45, 7) is 2.52. The highest BCUT2D eigenvalue weighted by Gasteiger charge is 2.25. The summed E-state index contributed by atoms with van der Waals surface area (Å²) in [6.07, 6.45) is 11.6. The van der Waals surface area contributed by atoms with E-state index < -0.39 is 0 Å². The lowest BCUT2D eigenvalue weighted by Gasteiger charge is -2.36. The molecule has 0 spiro atoms. The van der Waals surface area contributed by atoms with Crippen LogP contribution in [-0.4, -0.2) is 58.7 Å². The van der Waals surface area contributed by atoms with Crippen molar-refractivity contribution in [2.45, 2.75) is 57.4 Å². The van der Waals surface area contributed by atoms with Gasteiger partial charge in [0.1, 0.15) is 12.1 Å². The maximum Gasteiger partial charge on any atom is 0.234 e. The second-order valence-electron chi connectivity index (χ2n) is 9.80. The minimum atomic E-state index is 0.0798. The number of nitrogens with zero attached hydrogens (tertiary/aromatic N) is 3. The zero-order valence-corrected chi connectivity index (χ0v) is 20.9. The molecular formula is C28H35N5O3. The molecule has 1 saturated carbocycles.